The van der Waals surface area contributed by atoms with E-state index in [1.807, 2.05) is 0 Å². The van der Waals surface area contributed by atoms with Gasteiger partial charge in [-0.1, -0.05) is 0 Å². The summed E-state index contributed by atoms with van der Waals surface area (Å²) in [5.41, 5.74) is -0.309. The lowest BCUT2D eigenvalue weighted by atomic mass is 10.3. The van der Waals surface area contributed by atoms with E-state index in [0.29, 0.717) is 0 Å². The van der Waals surface area contributed by atoms with Crippen LogP contribution in [0.4, 0.5) is 0 Å². The molecular weight excluding hydrogens is 222 g/mol. The Hall–Kier alpha value is -0.670. The van der Waals surface area contributed by atoms with Gasteiger partial charge in [0.05, 0.1) is 0 Å². The minimum atomic E-state index is -3.72. The van der Waals surface area contributed by atoms with E-state index < -0.39 is 6.07 Å². The van der Waals surface area contributed by atoms with Crippen LogP contribution in [0.1, 0.15) is 6.92 Å². The number of halogens is 2. The Bertz CT molecular complexity index is 316. The lowest BCUT2D eigenvalue weighted by Crippen LogP contribution is -1.84. The van der Waals surface area contributed by atoms with Crippen LogP contribution in [0.3, 0.4) is 0 Å². The first-order valence-electron chi connectivity index (χ1n) is 2.60. The zero-order valence-corrected chi connectivity index (χ0v) is 8.32. The Kier molecular flexibility index (Phi) is 4.13. The third-order valence-corrected chi connectivity index (χ3v) is 1.72. The highest BCUT2D eigenvalue weighted by Crippen LogP contribution is 2.59. The predicted molar refractivity (Wildman–Crippen MR) is 44.3 cm³/mol. The highest BCUT2D eigenvalue weighted by molar-refractivity contribution is 8.05. The minimum Gasteiger partial charge on any atom is -0.425 e. The van der Waals surface area contributed by atoms with Gasteiger partial charge in [-0.3, -0.25) is 0 Å². The molecule has 64 valence electrons. The van der Waals surface area contributed by atoms with Gasteiger partial charge in [-0.25, -0.2) is 4.57 Å². The van der Waals surface area contributed by atoms with Gasteiger partial charge in [-0.15, -0.1) is 0 Å². The summed E-state index contributed by atoms with van der Waals surface area (Å²) >= 11 is 10.1. The van der Waals surface area contributed by atoms with E-state index >= 15 is 0 Å². The molecule has 0 aliphatic rings. The summed E-state index contributed by atoms with van der Waals surface area (Å²) < 4.78 is 15.0. The molecule has 0 amide bonds. The molecule has 0 aliphatic carbocycles. The van der Waals surface area contributed by atoms with E-state index in [0.717, 1.165) is 0 Å². The highest BCUT2D eigenvalue weighted by Gasteiger charge is 2.17. The van der Waals surface area contributed by atoms with Crippen molar-refractivity contribution in [3.63, 3.8) is 0 Å². The summed E-state index contributed by atoms with van der Waals surface area (Å²) in [7, 11) is 0. The Balaban J connectivity index is 4.75. The average molecular weight is 225 g/mol. The molecule has 0 atom stereocenters. The van der Waals surface area contributed by atoms with Crippen molar-refractivity contribution < 1.29 is 9.09 Å². The van der Waals surface area contributed by atoms with Crippen LogP contribution in [0, 0.1) is 22.7 Å². The first-order chi connectivity index (χ1) is 5.40. The van der Waals surface area contributed by atoms with Crippen molar-refractivity contribution in [1.29, 1.82) is 10.5 Å². The fourth-order valence-corrected chi connectivity index (χ4v) is 1.42. The van der Waals surface area contributed by atoms with Crippen LogP contribution in [0.5, 0.6) is 0 Å². The van der Waals surface area contributed by atoms with Gasteiger partial charge < -0.3 is 4.52 Å². The van der Waals surface area contributed by atoms with Crippen molar-refractivity contribution in [3.05, 3.63) is 11.3 Å². The number of nitriles is 2. The van der Waals surface area contributed by atoms with Gasteiger partial charge in [-0.05, 0) is 6.92 Å². The Labute approximate surface area is 79.0 Å². The van der Waals surface area contributed by atoms with Crippen molar-refractivity contribution in [3.8, 4) is 12.1 Å². The molecule has 0 saturated carbocycles. The topological polar surface area (TPSA) is 73.9 Å². The molecule has 0 fully saturated rings. The molecule has 0 radical (unpaired) electrons. The molecule has 0 unspecified atom stereocenters. The molecule has 0 spiro atoms. The highest BCUT2D eigenvalue weighted by atomic mass is 35.9. The molecule has 0 heterocycles. The van der Waals surface area contributed by atoms with E-state index in [1.165, 1.54) is 19.1 Å². The SMILES string of the molecule is CC(OP(=O)(Cl)Cl)=C(C#N)C#N. The predicted octanol–water partition coefficient (Wildman–Crippen LogP) is 2.91. The van der Waals surface area contributed by atoms with Crippen LogP contribution in [-0.4, -0.2) is 0 Å². The third-order valence-electron chi connectivity index (χ3n) is 0.819. The van der Waals surface area contributed by atoms with Crippen LogP contribution in [0.2, 0.25) is 0 Å². The number of nitrogens with zero attached hydrogens (tertiary/aromatic N) is 2. The number of hydrogen-bond donors (Lipinski definition) is 0. The largest absolute Gasteiger partial charge is 0.427 e. The molecule has 0 saturated heterocycles. The Morgan fingerprint density at radius 3 is 2.08 bits per heavy atom. The lowest BCUT2D eigenvalue weighted by Gasteiger charge is -2.04. The van der Waals surface area contributed by atoms with Crippen LogP contribution in [0.15, 0.2) is 11.3 Å². The molecule has 0 N–H and O–H groups in total. The van der Waals surface area contributed by atoms with E-state index in [9.17, 15) is 4.57 Å². The Morgan fingerprint density at radius 2 is 1.83 bits per heavy atom. The van der Waals surface area contributed by atoms with Crippen LogP contribution in [-0.2, 0) is 9.09 Å². The first-order valence-corrected chi connectivity index (χ1v) is 6.04. The van der Waals surface area contributed by atoms with Gasteiger partial charge in [0, 0.05) is 22.5 Å². The van der Waals surface area contributed by atoms with Gasteiger partial charge in [0.2, 0.25) is 0 Å². The molecule has 12 heavy (non-hydrogen) atoms. The molecule has 4 nitrogen and oxygen atoms in total. The second kappa shape index (κ2) is 4.38. The van der Waals surface area contributed by atoms with E-state index in [-0.39, 0.29) is 11.3 Å². The summed E-state index contributed by atoms with van der Waals surface area (Å²) in [5, 5.41) is 16.6. The van der Waals surface area contributed by atoms with E-state index in [2.05, 4.69) is 4.52 Å². The molecule has 0 aromatic heterocycles. The summed E-state index contributed by atoms with van der Waals surface area (Å²) in [6, 6.07) is 3.06. The van der Waals surface area contributed by atoms with Crippen LogP contribution >= 0.6 is 28.6 Å². The first kappa shape index (κ1) is 11.3. The van der Waals surface area contributed by atoms with Crippen molar-refractivity contribution in [2.75, 3.05) is 0 Å². The molecule has 7 heteroatoms. The quantitative estimate of drug-likeness (QED) is 0.411. The van der Waals surface area contributed by atoms with Crippen LogP contribution < -0.4 is 0 Å². The number of hydrogen-bond acceptors (Lipinski definition) is 4. The standard InChI is InChI=1S/C5H3Cl2N2O2P/c1-4(5(2-8)3-9)11-12(6,7)10/h1H3. The van der Waals surface area contributed by atoms with Crippen molar-refractivity contribution in [2.24, 2.45) is 0 Å². The van der Waals surface area contributed by atoms with Crippen molar-refractivity contribution in [1.82, 2.24) is 0 Å². The average Bonchev–Trinajstić information content (AvgIpc) is 1.85. The summed E-state index contributed by atoms with van der Waals surface area (Å²) in [6.45, 7) is 1.28. The Morgan fingerprint density at radius 1 is 1.42 bits per heavy atom. The number of rotatable bonds is 2. The smallest absolute Gasteiger partial charge is 0.425 e. The maximum atomic E-state index is 10.6. The molecule has 0 bridgehead atoms. The van der Waals surface area contributed by atoms with Gasteiger partial charge in [0.15, 0.2) is 5.57 Å². The summed E-state index contributed by atoms with van der Waals surface area (Å²) in [6.07, 6.45) is -3.72. The molecule has 0 aromatic rings. The number of allylic oxidation sites excluding steroid dienone is 2. The maximum Gasteiger partial charge on any atom is 0.427 e. The van der Waals surface area contributed by atoms with E-state index in [1.54, 1.807) is 0 Å². The van der Waals surface area contributed by atoms with E-state index in [4.69, 9.17) is 33.0 Å². The summed E-state index contributed by atoms with van der Waals surface area (Å²) in [5.74, 6) is -0.145. The van der Waals surface area contributed by atoms with Gasteiger partial charge in [0.1, 0.15) is 17.9 Å². The minimum absolute atomic E-state index is 0.145. The van der Waals surface area contributed by atoms with Crippen molar-refractivity contribution >= 4 is 28.6 Å². The van der Waals surface area contributed by atoms with Gasteiger partial charge in [-0.2, -0.15) is 10.5 Å². The van der Waals surface area contributed by atoms with Crippen molar-refractivity contribution in [2.45, 2.75) is 6.92 Å². The zero-order valence-electron chi connectivity index (χ0n) is 5.91. The normalized spacial score (nSPS) is 9.42. The molecule has 0 rings (SSSR count). The molecule has 0 aromatic carbocycles. The van der Waals surface area contributed by atoms with Crippen LogP contribution in [0.25, 0.3) is 0 Å². The maximum absolute atomic E-state index is 10.6. The fraction of sp³-hybridized carbons (Fsp3) is 0.200. The summed E-state index contributed by atoms with van der Waals surface area (Å²) in [4.78, 5) is 0. The molecule has 0 aliphatic heterocycles. The second-order valence-electron chi connectivity index (χ2n) is 1.66. The fourth-order valence-electron chi connectivity index (χ4n) is 0.388. The molecular formula is C5H3Cl2N2O2P. The van der Waals surface area contributed by atoms with Gasteiger partial charge in [0.25, 0.3) is 0 Å². The monoisotopic (exact) mass is 224 g/mol. The second-order valence-corrected chi connectivity index (χ2v) is 5.86. The zero-order chi connectivity index (χ0) is 9.78. The lowest BCUT2D eigenvalue weighted by molar-refractivity contribution is 0.430. The third kappa shape index (κ3) is 4.26. The van der Waals surface area contributed by atoms with Gasteiger partial charge >= 0.3 is 6.07 Å².